The van der Waals surface area contributed by atoms with Crippen molar-refractivity contribution in [2.45, 2.75) is 0 Å². The second-order valence-corrected chi connectivity index (χ2v) is 11.5. The maximum atomic E-state index is 7.13. The molecule has 0 saturated carbocycles. The Bertz CT molecular complexity index is 2470. The largest absolute Gasteiger partial charge is 1.00 e. The first kappa shape index (κ1) is 32.9. The van der Waals surface area contributed by atoms with E-state index in [0.29, 0.717) is 0 Å². The first-order valence-corrected chi connectivity index (χ1v) is 15.6. The van der Waals surface area contributed by atoms with Gasteiger partial charge in [-0.2, -0.15) is 24.3 Å². The minimum Gasteiger partial charge on any atom is -1.00 e. The van der Waals surface area contributed by atoms with E-state index in [9.17, 15) is 0 Å². The Labute approximate surface area is 304 Å². The standard InChI is InChI=1S/3C16H9.Ag.H/c3*1-2-12-7-10-16-14(11-12)9-8-13-5-3-4-6-15(13)16;;/h2*3-11H;1,4-11H;;/q3*-1;;-1. The molecule has 0 N–H and O–H groups in total. The third-order valence-electron chi connectivity index (χ3n) is 8.63. The molecule has 49 heavy (non-hydrogen) atoms. The van der Waals surface area contributed by atoms with Crippen LogP contribution in [-0.2, 0) is 22.4 Å². The summed E-state index contributed by atoms with van der Waals surface area (Å²) in [6.07, 6.45) is 19.7. The first-order valence-electron chi connectivity index (χ1n) is 15.6. The van der Waals surface area contributed by atoms with Crippen molar-refractivity contribution in [2.75, 3.05) is 0 Å². The van der Waals surface area contributed by atoms with E-state index in [1.165, 1.54) is 53.9 Å². The Balaban J connectivity index is 0.000000143. The Kier molecular flexibility index (Phi) is 9.93. The van der Waals surface area contributed by atoms with Crippen molar-refractivity contribution >= 4 is 64.6 Å². The fourth-order valence-corrected chi connectivity index (χ4v) is 6.22. The molecule has 0 atom stereocenters. The third-order valence-corrected chi connectivity index (χ3v) is 8.63. The molecule has 0 aliphatic carbocycles. The first-order chi connectivity index (χ1) is 23.6. The summed E-state index contributed by atoms with van der Waals surface area (Å²) in [7, 11) is 0. The molecule has 0 aliphatic heterocycles. The van der Waals surface area contributed by atoms with Crippen molar-refractivity contribution < 1.29 is 23.8 Å². The molecule has 0 heterocycles. The van der Waals surface area contributed by atoms with Gasteiger partial charge in [-0.1, -0.05) is 103 Å². The average Bonchev–Trinajstić information content (AvgIpc) is 3.17. The molecule has 0 aliphatic rings. The predicted molar refractivity (Wildman–Crippen MR) is 205 cm³/mol. The summed E-state index contributed by atoms with van der Waals surface area (Å²) in [5.74, 6) is 7.50. The van der Waals surface area contributed by atoms with E-state index in [1.807, 2.05) is 60.7 Å². The van der Waals surface area contributed by atoms with E-state index in [1.54, 1.807) is 0 Å². The van der Waals surface area contributed by atoms with Gasteiger partial charge < -0.3 is 14.3 Å². The predicted octanol–water partition coefficient (Wildman–Crippen LogP) is 11.7. The van der Waals surface area contributed by atoms with Crippen molar-refractivity contribution in [3.05, 3.63) is 193 Å². The monoisotopic (exact) mass is 711 g/mol. The Morgan fingerprint density at radius 2 is 0.816 bits per heavy atom. The molecule has 1 heteroatoms. The van der Waals surface area contributed by atoms with Crippen LogP contribution in [0.2, 0.25) is 0 Å². The quantitative estimate of drug-likeness (QED) is 0.0636. The summed E-state index contributed by atoms with van der Waals surface area (Å²) in [5.41, 5.74) is 2.57. The number of hydrogen-bond acceptors (Lipinski definition) is 0. The van der Waals surface area contributed by atoms with Crippen molar-refractivity contribution in [1.29, 1.82) is 0 Å². The van der Waals surface area contributed by atoms with Crippen molar-refractivity contribution in [3.8, 4) is 24.2 Å². The SMILES string of the molecule is C#Cc1ccc2c(ccc3c[c-]ccc32)c1.[Ag].[C-]#Cc1ccc2c(ccc3ccccc32)c1.[C-]#Cc1ccc2c(ccc3ccccc32)c1.[H-]. The number of terminal acetylenes is 1. The normalized spacial score (nSPS) is 10.2. The minimum atomic E-state index is 0. The third kappa shape index (κ3) is 6.84. The maximum absolute atomic E-state index is 7.13. The van der Waals surface area contributed by atoms with Crippen molar-refractivity contribution in [1.82, 2.24) is 0 Å². The van der Waals surface area contributed by atoms with E-state index in [4.69, 9.17) is 19.3 Å². The van der Waals surface area contributed by atoms with Crippen LogP contribution in [-0.4, -0.2) is 0 Å². The van der Waals surface area contributed by atoms with E-state index in [0.717, 1.165) is 27.5 Å². The van der Waals surface area contributed by atoms with Gasteiger partial charge in [0, 0.05) is 27.9 Å². The van der Waals surface area contributed by atoms with Gasteiger partial charge in [0.1, 0.15) is 0 Å². The zero-order chi connectivity index (χ0) is 32.9. The molecule has 1 radical (unpaired) electrons. The molecular formula is C48H28Ag-4. The minimum absolute atomic E-state index is 0. The van der Waals surface area contributed by atoms with Gasteiger partial charge in [0.15, 0.2) is 0 Å². The fraction of sp³-hybridized carbons (Fsp3) is 0. The van der Waals surface area contributed by atoms with Crippen LogP contribution in [0.15, 0.2) is 158 Å². The van der Waals surface area contributed by atoms with Crippen LogP contribution in [0.4, 0.5) is 0 Å². The topological polar surface area (TPSA) is 0 Å². The molecular weight excluding hydrogens is 684 g/mol. The van der Waals surface area contributed by atoms with E-state index < -0.39 is 0 Å². The van der Waals surface area contributed by atoms with Crippen LogP contribution in [0.1, 0.15) is 18.1 Å². The van der Waals surface area contributed by atoms with Gasteiger partial charge in [-0.3, -0.25) is 11.8 Å². The van der Waals surface area contributed by atoms with E-state index in [2.05, 4.69) is 121 Å². The Hall–Kier alpha value is -6.04. The molecule has 9 aromatic carbocycles. The van der Waals surface area contributed by atoms with Crippen molar-refractivity contribution in [3.63, 3.8) is 0 Å². The van der Waals surface area contributed by atoms with Gasteiger partial charge in [-0.05, 0) is 66.0 Å². The molecule has 0 spiro atoms. The molecule has 0 nitrogen and oxygen atoms in total. The van der Waals surface area contributed by atoms with Crippen LogP contribution in [0.25, 0.3) is 64.6 Å². The molecule has 9 aromatic rings. The summed E-state index contributed by atoms with van der Waals surface area (Å²) in [4.78, 5) is 0. The zero-order valence-electron chi connectivity index (χ0n) is 27.4. The van der Waals surface area contributed by atoms with Gasteiger partial charge in [0.2, 0.25) is 0 Å². The number of benzene rings is 9. The van der Waals surface area contributed by atoms with E-state index in [-0.39, 0.29) is 23.8 Å². The van der Waals surface area contributed by atoms with E-state index >= 15 is 0 Å². The zero-order valence-corrected chi connectivity index (χ0v) is 27.9. The summed E-state index contributed by atoms with van der Waals surface area (Å²) in [6, 6.07) is 56.6. The number of rotatable bonds is 0. The summed E-state index contributed by atoms with van der Waals surface area (Å²) >= 11 is 0. The smallest absolute Gasteiger partial charge is 0.0248 e. The number of hydrogen-bond donors (Lipinski definition) is 0. The average molecular weight is 713 g/mol. The molecule has 9 rings (SSSR count). The molecule has 0 unspecified atom stereocenters. The van der Waals surface area contributed by atoms with Crippen LogP contribution < -0.4 is 0 Å². The van der Waals surface area contributed by atoms with Gasteiger partial charge in [0.05, 0.1) is 0 Å². The van der Waals surface area contributed by atoms with Gasteiger partial charge in [-0.25, -0.2) is 0 Å². The summed E-state index contributed by atoms with van der Waals surface area (Å²) < 4.78 is 0. The number of fused-ring (bicyclic) bond motifs is 9. The second kappa shape index (κ2) is 14.8. The van der Waals surface area contributed by atoms with Gasteiger partial charge in [-0.15, -0.1) is 58.7 Å². The second-order valence-electron chi connectivity index (χ2n) is 11.5. The van der Waals surface area contributed by atoms with Crippen LogP contribution in [0.3, 0.4) is 0 Å². The Morgan fingerprint density at radius 1 is 0.429 bits per heavy atom. The van der Waals surface area contributed by atoms with Crippen LogP contribution in [0, 0.1) is 43.1 Å². The van der Waals surface area contributed by atoms with Crippen LogP contribution >= 0.6 is 0 Å². The summed E-state index contributed by atoms with van der Waals surface area (Å²) in [5, 5.41) is 14.7. The molecule has 235 valence electrons. The maximum Gasteiger partial charge on any atom is 0.0248 e. The molecule has 0 bridgehead atoms. The fourth-order valence-electron chi connectivity index (χ4n) is 6.22. The Morgan fingerprint density at radius 3 is 1.31 bits per heavy atom. The van der Waals surface area contributed by atoms with Crippen LogP contribution in [0.5, 0.6) is 0 Å². The molecule has 0 saturated heterocycles. The van der Waals surface area contributed by atoms with Gasteiger partial charge in [0.25, 0.3) is 0 Å². The summed E-state index contributed by atoms with van der Waals surface area (Å²) in [6.45, 7) is 0. The molecule has 0 fully saturated rings. The van der Waals surface area contributed by atoms with Crippen molar-refractivity contribution in [2.24, 2.45) is 0 Å². The van der Waals surface area contributed by atoms with Gasteiger partial charge >= 0.3 is 0 Å². The molecule has 0 aromatic heterocycles. The molecule has 0 amide bonds.